The Morgan fingerprint density at radius 1 is 1.89 bits per heavy atom. The van der Waals surface area contributed by atoms with E-state index in [-0.39, 0.29) is 11.9 Å². The molecule has 0 N–H and O–H groups in total. The van der Waals surface area contributed by atoms with Gasteiger partial charge in [0.25, 0.3) is 0 Å². The molecular weight excluding hydrogens is 118 g/mol. The second-order valence-electron chi connectivity index (χ2n) is 2.24. The largest absolute Gasteiger partial charge is 0.384 e. The van der Waals surface area contributed by atoms with Crippen LogP contribution in [0.4, 0.5) is 0 Å². The lowest BCUT2D eigenvalue weighted by molar-refractivity contribution is -0.126. The number of carbonyl (C=O) groups is 1. The average Bonchev–Trinajstić information content (AvgIpc) is 2.14. The topological polar surface area (TPSA) is 38.7 Å². The SMILES string of the molecule is CC(=O)C1CC(C)=NO1. The lowest BCUT2D eigenvalue weighted by Crippen LogP contribution is -2.16. The maximum atomic E-state index is 10.6. The van der Waals surface area contributed by atoms with Gasteiger partial charge in [0.05, 0.1) is 5.71 Å². The van der Waals surface area contributed by atoms with Gasteiger partial charge < -0.3 is 4.84 Å². The van der Waals surface area contributed by atoms with Crippen LogP contribution in [0.2, 0.25) is 0 Å². The Balaban J connectivity index is 2.47. The van der Waals surface area contributed by atoms with E-state index in [0.717, 1.165) is 5.71 Å². The van der Waals surface area contributed by atoms with E-state index in [4.69, 9.17) is 4.84 Å². The number of Topliss-reactive ketones (excluding diaryl/α,β-unsaturated/α-hetero) is 1. The Bertz CT molecular complexity index is 162. The number of rotatable bonds is 1. The molecule has 0 aromatic heterocycles. The van der Waals surface area contributed by atoms with Gasteiger partial charge in [0.15, 0.2) is 11.9 Å². The van der Waals surface area contributed by atoms with Gasteiger partial charge in [0, 0.05) is 6.42 Å². The third kappa shape index (κ3) is 1.28. The van der Waals surface area contributed by atoms with Crippen LogP contribution < -0.4 is 0 Å². The summed E-state index contributed by atoms with van der Waals surface area (Å²) in [5.74, 6) is 0.0515. The molecule has 1 heterocycles. The van der Waals surface area contributed by atoms with Crippen molar-refractivity contribution < 1.29 is 9.63 Å². The molecule has 0 amide bonds. The van der Waals surface area contributed by atoms with Crippen molar-refractivity contribution in [3.8, 4) is 0 Å². The predicted octanol–water partition coefficient (Wildman–Crippen LogP) is 0.740. The van der Waals surface area contributed by atoms with Crippen LogP contribution >= 0.6 is 0 Å². The molecule has 0 radical (unpaired) electrons. The third-order valence-corrected chi connectivity index (χ3v) is 1.27. The van der Waals surface area contributed by atoms with Crippen LogP contribution in [0.3, 0.4) is 0 Å². The molecule has 0 saturated heterocycles. The zero-order valence-electron chi connectivity index (χ0n) is 5.55. The monoisotopic (exact) mass is 127 g/mol. The molecule has 3 nitrogen and oxygen atoms in total. The predicted molar refractivity (Wildman–Crippen MR) is 33.3 cm³/mol. The van der Waals surface area contributed by atoms with Crippen molar-refractivity contribution in [3.63, 3.8) is 0 Å². The second-order valence-corrected chi connectivity index (χ2v) is 2.24. The molecule has 0 spiro atoms. The van der Waals surface area contributed by atoms with Crippen LogP contribution in [0.5, 0.6) is 0 Å². The van der Waals surface area contributed by atoms with Gasteiger partial charge in [-0.2, -0.15) is 0 Å². The molecule has 9 heavy (non-hydrogen) atoms. The van der Waals surface area contributed by atoms with Crippen molar-refractivity contribution in [1.82, 2.24) is 0 Å². The van der Waals surface area contributed by atoms with Gasteiger partial charge in [-0.1, -0.05) is 5.16 Å². The van der Waals surface area contributed by atoms with E-state index >= 15 is 0 Å². The molecule has 3 heteroatoms. The fourth-order valence-electron chi connectivity index (χ4n) is 0.714. The molecule has 0 aromatic carbocycles. The van der Waals surface area contributed by atoms with Crippen molar-refractivity contribution in [2.45, 2.75) is 26.4 Å². The summed E-state index contributed by atoms with van der Waals surface area (Å²) in [5, 5.41) is 3.63. The summed E-state index contributed by atoms with van der Waals surface area (Å²) >= 11 is 0. The Labute approximate surface area is 53.7 Å². The first-order valence-electron chi connectivity index (χ1n) is 2.90. The lowest BCUT2D eigenvalue weighted by atomic mass is 10.1. The molecule has 0 aliphatic carbocycles. The van der Waals surface area contributed by atoms with E-state index in [1.807, 2.05) is 6.92 Å². The summed E-state index contributed by atoms with van der Waals surface area (Å²) in [6.07, 6.45) is 0.361. The summed E-state index contributed by atoms with van der Waals surface area (Å²) in [6, 6.07) is 0. The maximum absolute atomic E-state index is 10.6. The Hall–Kier alpha value is -0.860. The van der Waals surface area contributed by atoms with E-state index in [1.54, 1.807) is 0 Å². The Kier molecular flexibility index (Phi) is 1.51. The summed E-state index contributed by atoms with van der Waals surface area (Å²) in [7, 11) is 0. The molecule has 0 fully saturated rings. The van der Waals surface area contributed by atoms with Crippen molar-refractivity contribution in [3.05, 3.63) is 0 Å². The minimum absolute atomic E-state index is 0.0515. The first kappa shape index (κ1) is 6.26. The van der Waals surface area contributed by atoms with E-state index in [9.17, 15) is 4.79 Å². The minimum atomic E-state index is -0.301. The Morgan fingerprint density at radius 2 is 2.56 bits per heavy atom. The number of hydrogen-bond acceptors (Lipinski definition) is 3. The van der Waals surface area contributed by atoms with Crippen LogP contribution in [0, 0.1) is 0 Å². The van der Waals surface area contributed by atoms with Crippen molar-refractivity contribution >= 4 is 11.5 Å². The highest BCUT2D eigenvalue weighted by Crippen LogP contribution is 2.09. The number of ketones is 1. The second kappa shape index (κ2) is 2.17. The van der Waals surface area contributed by atoms with Gasteiger partial charge in [-0.15, -0.1) is 0 Å². The van der Waals surface area contributed by atoms with Crippen LogP contribution in [0.25, 0.3) is 0 Å². The summed E-state index contributed by atoms with van der Waals surface area (Å²) in [6.45, 7) is 3.36. The fraction of sp³-hybridized carbons (Fsp3) is 0.667. The van der Waals surface area contributed by atoms with Crippen molar-refractivity contribution in [2.24, 2.45) is 5.16 Å². The van der Waals surface area contributed by atoms with E-state index in [2.05, 4.69) is 5.16 Å². The molecular formula is C6H9NO2. The number of carbonyl (C=O) groups excluding carboxylic acids is 1. The quantitative estimate of drug-likeness (QED) is 0.521. The van der Waals surface area contributed by atoms with Gasteiger partial charge in [0.2, 0.25) is 0 Å². The van der Waals surface area contributed by atoms with Gasteiger partial charge in [0.1, 0.15) is 0 Å². The zero-order valence-corrected chi connectivity index (χ0v) is 5.55. The van der Waals surface area contributed by atoms with E-state index in [0.29, 0.717) is 6.42 Å². The third-order valence-electron chi connectivity index (χ3n) is 1.27. The molecule has 1 rings (SSSR count). The average molecular weight is 127 g/mol. The number of oxime groups is 1. The molecule has 0 aromatic rings. The molecule has 0 saturated carbocycles. The number of hydrogen-bond donors (Lipinski definition) is 0. The summed E-state index contributed by atoms with van der Waals surface area (Å²) in [4.78, 5) is 15.4. The fourth-order valence-corrected chi connectivity index (χ4v) is 0.714. The van der Waals surface area contributed by atoms with Crippen molar-refractivity contribution in [2.75, 3.05) is 0 Å². The highest BCUT2D eigenvalue weighted by atomic mass is 16.6. The highest BCUT2D eigenvalue weighted by Gasteiger charge is 2.21. The van der Waals surface area contributed by atoms with E-state index < -0.39 is 0 Å². The number of nitrogens with zero attached hydrogens (tertiary/aromatic N) is 1. The van der Waals surface area contributed by atoms with Crippen LogP contribution in [0.15, 0.2) is 5.16 Å². The molecule has 1 atom stereocenters. The van der Waals surface area contributed by atoms with Gasteiger partial charge in [-0.3, -0.25) is 4.79 Å². The van der Waals surface area contributed by atoms with E-state index in [1.165, 1.54) is 6.92 Å². The van der Waals surface area contributed by atoms with Crippen LogP contribution in [0.1, 0.15) is 20.3 Å². The van der Waals surface area contributed by atoms with Gasteiger partial charge >= 0.3 is 0 Å². The Morgan fingerprint density at radius 3 is 2.78 bits per heavy atom. The first-order chi connectivity index (χ1) is 4.20. The minimum Gasteiger partial charge on any atom is -0.384 e. The smallest absolute Gasteiger partial charge is 0.190 e. The molecule has 1 unspecified atom stereocenters. The van der Waals surface area contributed by atoms with Gasteiger partial charge in [-0.25, -0.2) is 0 Å². The van der Waals surface area contributed by atoms with Gasteiger partial charge in [-0.05, 0) is 13.8 Å². The lowest BCUT2D eigenvalue weighted by Gasteiger charge is -1.99. The van der Waals surface area contributed by atoms with Crippen LogP contribution in [-0.2, 0) is 9.63 Å². The van der Waals surface area contributed by atoms with Crippen molar-refractivity contribution in [1.29, 1.82) is 0 Å². The normalized spacial score (nSPS) is 25.1. The van der Waals surface area contributed by atoms with Crippen LogP contribution in [-0.4, -0.2) is 17.6 Å². The highest BCUT2D eigenvalue weighted by molar-refractivity contribution is 5.91. The zero-order chi connectivity index (χ0) is 6.85. The standard InChI is InChI=1S/C6H9NO2/c1-4-3-6(5(2)8)9-7-4/h6H,3H2,1-2H3. The molecule has 50 valence electrons. The summed E-state index contributed by atoms with van der Waals surface area (Å²) in [5.41, 5.74) is 0.898. The summed E-state index contributed by atoms with van der Waals surface area (Å²) < 4.78 is 0. The molecule has 1 aliphatic heterocycles. The maximum Gasteiger partial charge on any atom is 0.190 e. The first-order valence-corrected chi connectivity index (χ1v) is 2.90. The molecule has 0 bridgehead atoms. The molecule has 1 aliphatic rings.